The molecule has 0 aromatic rings. The molecule has 2 rings (SSSR count). The molecule has 0 radical (unpaired) electrons. The lowest BCUT2D eigenvalue weighted by atomic mass is 10.4. The quantitative estimate of drug-likeness (QED) is 0.533. The van der Waals surface area contributed by atoms with E-state index in [-0.39, 0.29) is 0 Å². The van der Waals surface area contributed by atoms with Gasteiger partial charge in [0.15, 0.2) is 0 Å². The highest BCUT2D eigenvalue weighted by Crippen LogP contribution is 2.08. The van der Waals surface area contributed by atoms with Gasteiger partial charge >= 0.3 is 0 Å². The first-order chi connectivity index (χ1) is 9.61. The van der Waals surface area contributed by atoms with Crippen molar-refractivity contribution in [3.05, 3.63) is 0 Å². The van der Waals surface area contributed by atoms with Crippen LogP contribution in [-0.2, 0) is 4.74 Å². The normalized spacial score (nSPS) is 18.2. The van der Waals surface area contributed by atoms with Crippen molar-refractivity contribution < 1.29 is 4.74 Å². The third-order valence-corrected chi connectivity index (χ3v) is 3.91. The highest BCUT2D eigenvalue weighted by atomic mass is 32.2. The Morgan fingerprint density at radius 1 is 0.850 bits per heavy atom. The molecule has 0 spiro atoms. The Labute approximate surface area is 128 Å². The van der Waals surface area contributed by atoms with Crippen LogP contribution in [0.25, 0.3) is 0 Å². The van der Waals surface area contributed by atoms with Crippen LogP contribution in [0.1, 0.15) is 27.7 Å². The van der Waals surface area contributed by atoms with Gasteiger partial charge in [0.2, 0.25) is 0 Å². The molecule has 5 nitrogen and oxygen atoms in total. The van der Waals surface area contributed by atoms with Gasteiger partial charge in [0, 0.05) is 37.7 Å². The van der Waals surface area contributed by atoms with Crippen LogP contribution < -0.4 is 0 Å². The van der Waals surface area contributed by atoms with Gasteiger partial charge in [0.25, 0.3) is 0 Å². The number of hydrogen-bond donors (Lipinski definition) is 2. The van der Waals surface area contributed by atoms with E-state index in [1.165, 1.54) is 11.5 Å². The maximum atomic E-state index is 7.31. The Hall–Kier alpha value is -0.750. The van der Waals surface area contributed by atoms with Crippen LogP contribution in [0.4, 0.5) is 0 Å². The Morgan fingerprint density at radius 3 is 1.55 bits per heavy atom. The Morgan fingerprint density at radius 2 is 1.25 bits per heavy atom. The summed E-state index contributed by atoms with van der Waals surface area (Å²) in [6, 6.07) is 0. The third kappa shape index (κ3) is 8.43. The summed E-state index contributed by atoms with van der Waals surface area (Å²) in [5.74, 6) is 3.75. The summed E-state index contributed by atoms with van der Waals surface area (Å²) in [7, 11) is 0. The predicted molar refractivity (Wildman–Crippen MR) is 89.4 cm³/mol. The van der Waals surface area contributed by atoms with Crippen LogP contribution in [0.5, 0.6) is 0 Å². The SMILES string of the molecule is CC.CC(=N)N1CCOCC1.CC(=N)N1CCSCC1. The zero-order chi connectivity index (χ0) is 15.4. The van der Waals surface area contributed by atoms with Crippen molar-refractivity contribution in [1.82, 2.24) is 9.80 Å². The average Bonchev–Trinajstić information content (AvgIpc) is 2.51. The molecule has 0 amide bonds. The molecule has 2 fully saturated rings. The van der Waals surface area contributed by atoms with Crippen molar-refractivity contribution in [3.8, 4) is 0 Å². The molecule has 0 bridgehead atoms. The van der Waals surface area contributed by atoms with Crippen molar-refractivity contribution in [2.75, 3.05) is 50.9 Å². The number of ether oxygens (including phenoxy) is 1. The van der Waals surface area contributed by atoms with E-state index in [9.17, 15) is 0 Å². The van der Waals surface area contributed by atoms with E-state index in [0.29, 0.717) is 5.84 Å². The average molecular weight is 302 g/mol. The summed E-state index contributed by atoms with van der Waals surface area (Å²) in [6.45, 7) is 13.1. The van der Waals surface area contributed by atoms with Crippen LogP contribution in [0.2, 0.25) is 0 Å². The second kappa shape index (κ2) is 12.0. The van der Waals surface area contributed by atoms with Crippen molar-refractivity contribution in [3.63, 3.8) is 0 Å². The summed E-state index contributed by atoms with van der Waals surface area (Å²) in [6.07, 6.45) is 0. The Bertz CT molecular complexity index is 246. The van der Waals surface area contributed by atoms with Gasteiger partial charge in [-0.2, -0.15) is 11.8 Å². The molecule has 20 heavy (non-hydrogen) atoms. The molecular weight excluding hydrogens is 272 g/mol. The third-order valence-electron chi connectivity index (χ3n) is 2.97. The monoisotopic (exact) mass is 302 g/mol. The fraction of sp³-hybridized carbons (Fsp3) is 0.857. The maximum absolute atomic E-state index is 7.31. The van der Waals surface area contributed by atoms with E-state index in [0.717, 1.165) is 45.2 Å². The van der Waals surface area contributed by atoms with Gasteiger partial charge in [-0.3, -0.25) is 10.8 Å². The van der Waals surface area contributed by atoms with Gasteiger partial charge in [-0.25, -0.2) is 0 Å². The molecule has 2 N–H and O–H groups in total. The molecule has 2 saturated heterocycles. The summed E-state index contributed by atoms with van der Waals surface area (Å²) in [5, 5.41) is 14.6. The minimum atomic E-state index is 0.651. The Kier molecular flexibility index (Phi) is 11.6. The number of nitrogens with one attached hydrogen (secondary N) is 2. The zero-order valence-electron chi connectivity index (χ0n) is 13.4. The van der Waals surface area contributed by atoms with Gasteiger partial charge in [0.05, 0.1) is 24.9 Å². The molecule has 0 aliphatic carbocycles. The van der Waals surface area contributed by atoms with Gasteiger partial charge in [-0.15, -0.1) is 0 Å². The first-order valence-electron chi connectivity index (χ1n) is 7.37. The molecule has 6 heteroatoms. The van der Waals surface area contributed by atoms with E-state index in [2.05, 4.69) is 4.90 Å². The number of amidine groups is 2. The molecule has 2 aliphatic heterocycles. The summed E-state index contributed by atoms with van der Waals surface area (Å²) in [5.41, 5.74) is 0. The molecule has 0 atom stereocenters. The molecule has 2 heterocycles. The van der Waals surface area contributed by atoms with Crippen molar-refractivity contribution >= 4 is 23.4 Å². The highest BCUT2D eigenvalue weighted by Gasteiger charge is 2.09. The number of nitrogens with zero attached hydrogens (tertiary/aromatic N) is 2. The number of morpholine rings is 1. The maximum Gasteiger partial charge on any atom is 0.0927 e. The lowest BCUT2D eigenvalue weighted by molar-refractivity contribution is 0.0675. The van der Waals surface area contributed by atoms with Crippen molar-refractivity contribution in [1.29, 1.82) is 10.8 Å². The van der Waals surface area contributed by atoms with E-state index in [4.69, 9.17) is 15.6 Å². The molecule has 2 aliphatic rings. The molecule has 0 aromatic heterocycles. The minimum absolute atomic E-state index is 0.651. The van der Waals surface area contributed by atoms with Gasteiger partial charge in [0.1, 0.15) is 0 Å². The lowest BCUT2D eigenvalue weighted by Gasteiger charge is -2.27. The summed E-state index contributed by atoms with van der Waals surface area (Å²) < 4.78 is 5.11. The van der Waals surface area contributed by atoms with Gasteiger partial charge < -0.3 is 14.5 Å². The molecular formula is C14H30N4OS. The van der Waals surface area contributed by atoms with Crippen molar-refractivity contribution in [2.45, 2.75) is 27.7 Å². The van der Waals surface area contributed by atoms with Gasteiger partial charge in [-0.1, -0.05) is 13.8 Å². The fourth-order valence-electron chi connectivity index (χ4n) is 1.80. The largest absolute Gasteiger partial charge is 0.378 e. The number of rotatable bonds is 0. The molecule has 0 unspecified atom stereocenters. The predicted octanol–water partition coefficient (Wildman–Crippen LogP) is 2.37. The smallest absolute Gasteiger partial charge is 0.0927 e. The summed E-state index contributed by atoms with van der Waals surface area (Å²) in [4.78, 5) is 4.14. The van der Waals surface area contributed by atoms with E-state index in [1.54, 1.807) is 0 Å². The van der Waals surface area contributed by atoms with Crippen LogP contribution in [0.15, 0.2) is 0 Å². The highest BCUT2D eigenvalue weighted by molar-refractivity contribution is 7.99. The zero-order valence-corrected chi connectivity index (χ0v) is 14.2. The van der Waals surface area contributed by atoms with Crippen LogP contribution in [0.3, 0.4) is 0 Å². The lowest BCUT2D eigenvalue weighted by Crippen LogP contribution is -2.38. The molecule has 0 aromatic carbocycles. The van der Waals surface area contributed by atoms with Crippen LogP contribution in [-0.4, -0.2) is 72.4 Å². The van der Waals surface area contributed by atoms with E-state index >= 15 is 0 Å². The van der Waals surface area contributed by atoms with Crippen LogP contribution in [0, 0.1) is 10.8 Å². The van der Waals surface area contributed by atoms with Crippen LogP contribution >= 0.6 is 11.8 Å². The van der Waals surface area contributed by atoms with E-state index in [1.807, 2.05) is 44.4 Å². The number of thioether (sulfide) groups is 1. The second-order valence-electron chi connectivity index (χ2n) is 4.37. The second-order valence-corrected chi connectivity index (χ2v) is 5.59. The number of hydrogen-bond acceptors (Lipinski definition) is 4. The molecule has 118 valence electrons. The minimum Gasteiger partial charge on any atom is -0.378 e. The first kappa shape index (κ1) is 19.2. The standard InChI is InChI=1S/C6H12N2O.C6H12N2S.C2H6/c2*1-6(7)8-2-4-9-5-3-8;1-2/h2*7H,2-5H2,1H3;1-2H3. The first-order valence-corrected chi connectivity index (χ1v) is 8.52. The summed E-state index contributed by atoms with van der Waals surface area (Å²) >= 11 is 1.98. The van der Waals surface area contributed by atoms with Gasteiger partial charge in [-0.05, 0) is 13.8 Å². The van der Waals surface area contributed by atoms with E-state index < -0.39 is 0 Å². The fourth-order valence-corrected chi connectivity index (χ4v) is 2.70. The topological polar surface area (TPSA) is 63.4 Å². The molecule has 0 saturated carbocycles. The van der Waals surface area contributed by atoms with Crippen molar-refractivity contribution in [2.24, 2.45) is 0 Å². The Balaban J connectivity index is 0.000000321.